The Hall–Kier alpha value is -2.51. The highest BCUT2D eigenvalue weighted by molar-refractivity contribution is 7.71. The smallest absolute Gasteiger partial charge is 0.199 e. The topological polar surface area (TPSA) is 42.1 Å². The fourth-order valence-electron chi connectivity index (χ4n) is 4.07. The van der Waals surface area contributed by atoms with Crippen molar-refractivity contribution in [1.82, 2.24) is 24.2 Å². The van der Waals surface area contributed by atoms with Crippen LogP contribution in [0.15, 0.2) is 42.7 Å². The van der Waals surface area contributed by atoms with Gasteiger partial charge in [0, 0.05) is 56.4 Å². The summed E-state index contributed by atoms with van der Waals surface area (Å²) in [5, 5.41) is 4.89. The van der Waals surface area contributed by atoms with Crippen LogP contribution < -0.4 is 4.90 Å². The maximum absolute atomic E-state index is 5.79. The highest BCUT2D eigenvalue weighted by Crippen LogP contribution is 2.24. The average molecular weight is 423 g/mol. The molecule has 1 aliphatic rings. The Morgan fingerprint density at radius 2 is 1.73 bits per heavy atom. The van der Waals surface area contributed by atoms with Gasteiger partial charge in [0.15, 0.2) is 10.6 Å². The van der Waals surface area contributed by atoms with Crippen LogP contribution in [0.1, 0.15) is 24.5 Å². The summed E-state index contributed by atoms with van der Waals surface area (Å²) in [4.78, 5) is 9.07. The van der Waals surface area contributed by atoms with Crippen LogP contribution in [0.4, 0.5) is 5.69 Å². The fourth-order valence-corrected chi connectivity index (χ4v) is 4.35. The van der Waals surface area contributed by atoms with E-state index in [-0.39, 0.29) is 0 Å². The highest BCUT2D eigenvalue weighted by Gasteiger charge is 2.21. The first-order valence-corrected chi connectivity index (χ1v) is 11.1. The van der Waals surface area contributed by atoms with Crippen LogP contribution in [-0.4, -0.2) is 50.4 Å². The van der Waals surface area contributed by atoms with Crippen molar-refractivity contribution in [1.29, 1.82) is 0 Å². The molecule has 7 heteroatoms. The molecule has 0 radical (unpaired) electrons. The first-order chi connectivity index (χ1) is 14.6. The molecule has 1 aromatic carbocycles. The van der Waals surface area contributed by atoms with Crippen molar-refractivity contribution in [2.45, 2.75) is 40.4 Å². The molecular formula is C23H30N6S. The van der Waals surface area contributed by atoms with Crippen LogP contribution in [-0.2, 0) is 13.2 Å². The van der Waals surface area contributed by atoms with E-state index < -0.39 is 0 Å². The Bertz CT molecular complexity index is 1050. The van der Waals surface area contributed by atoms with Crippen molar-refractivity contribution in [2.24, 2.45) is 0 Å². The second-order valence-electron chi connectivity index (χ2n) is 7.96. The van der Waals surface area contributed by atoms with Gasteiger partial charge in [-0.15, -0.1) is 0 Å². The van der Waals surface area contributed by atoms with Gasteiger partial charge in [-0.25, -0.2) is 4.68 Å². The quantitative estimate of drug-likeness (QED) is 0.555. The highest BCUT2D eigenvalue weighted by atomic mass is 32.1. The van der Waals surface area contributed by atoms with Crippen molar-refractivity contribution in [3.05, 3.63) is 58.6 Å². The van der Waals surface area contributed by atoms with Gasteiger partial charge in [0.1, 0.15) is 0 Å². The van der Waals surface area contributed by atoms with Gasteiger partial charge in [0.05, 0.1) is 6.67 Å². The van der Waals surface area contributed by atoms with Gasteiger partial charge in [-0.1, -0.05) is 19.1 Å². The number of aryl methyl sites for hydroxylation is 1. The van der Waals surface area contributed by atoms with Crippen molar-refractivity contribution >= 4 is 17.9 Å². The summed E-state index contributed by atoms with van der Waals surface area (Å²) in [5.41, 5.74) is 5.15. The molecule has 2 aromatic heterocycles. The molecule has 158 valence electrons. The molecule has 0 aliphatic carbocycles. The summed E-state index contributed by atoms with van der Waals surface area (Å²) in [7, 11) is 0. The summed E-state index contributed by atoms with van der Waals surface area (Å²) in [6.45, 7) is 12.2. The standard InChI is InChI=1S/C23H30N6S/c1-4-12-28-22(20-8-10-24-11-9-20)25-29(23(28)30)17-26-13-15-27(16-14-26)21-7-5-6-18(2)19(21)3/h5-11H,4,12-17H2,1-3H3. The van der Waals surface area contributed by atoms with E-state index in [1.165, 1.54) is 16.8 Å². The van der Waals surface area contributed by atoms with E-state index in [0.717, 1.165) is 62.0 Å². The average Bonchev–Trinajstić information content (AvgIpc) is 3.07. The van der Waals surface area contributed by atoms with E-state index in [1.807, 2.05) is 16.8 Å². The molecular weight excluding hydrogens is 392 g/mol. The third kappa shape index (κ3) is 4.18. The number of benzene rings is 1. The van der Waals surface area contributed by atoms with E-state index in [1.54, 1.807) is 12.4 Å². The van der Waals surface area contributed by atoms with Crippen LogP contribution in [0.25, 0.3) is 11.4 Å². The Labute approximate surface area is 183 Å². The number of aromatic nitrogens is 4. The Balaban J connectivity index is 1.49. The maximum Gasteiger partial charge on any atom is 0.199 e. The fraction of sp³-hybridized carbons (Fsp3) is 0.435. The minimum absolute atomic E-state index is 0.730. The largest absolute Gasteiger partial charge is 0.369 e. The van der Waals surface area contributed by atoms with Gasteiger partial charge in [-0.3, -0.25) is 14.5 Å². The summed E-state index contributed by atoms with van der Waals surface area (Å²) in [5.74, 6) is 0.929. The third-order valence-corrected chi connectivity index (χ3v) is 6.36. The molecule has 6 nitrogen and oxygen atoms in total. The van der Waals surface area contributed by atoms with Gasteiger partial charge < -0.3 is 4.90 Å². The minimum Gasteiger partial charge on any atom is -0.369 e. The number of rotatable bonds is 6. The van der Waals surface area contributed by atoms with E-state index >= 15 is 0 Å². The molecule has 0 spiro atoms. The minimum atomic E-state index is 0.730. The predicted molar refractivity (Wildman–Crippen MR) is 124 cm³/mol. The maximum atomic E-state index is 5.79. The van der Waals surface area contributed by atoms with Gasteiger partial charge in [0.2, 0.25) is 0 Å². The van der Waals surface area contributed by atoms with Crippen LogP contribution >= 0.6 is 12.2 Å². The molecule has 1 aliphatic heterocycles. The molecule has 0 amide bonds. The summed E-state index contributed by atoms with van der Waals surface area (Å²) < 4.78 is 4.92. The van der Waals surface area contributed by atoms with Gasteiger partial charge in [-0.2, -0.15) is 5.10 Å². The molecule has 30 heavy (non-hydrogen) atoms. The van der Waals surface area contributed by atoms with Crippen LogP contribution in [0.2, 0.25) is 0 Å². The zero-order valence-electron chi connectivity index (χ0n) is 18.1. The van der Waals surface area contributed by atoms with Crippen molar-refractivity contribution in [3.8, 4) is 11.4 Å². The molecule has 0 atom stereocenters. The first-order valence-electron chi connectivity index (χ1n) is 10.7. The van der Waals surface area contributed by atoms with E-state index in [9.17, 15) is 0 Å². The Morgan fingerprint density at radius 1 is 1.00 bits per heavy atom. The molecule has 0 N–H and O–H groups in total. The van der Waals surface area contributed by atoms with E-state index in [2.05, 4.69) is 58.3 Å². The van der Waals surface area contributed by atoms with Crippen LogP contribution in [0.5, 0.6) is 0 Å². The Morgan fingerprint density at radius 3 is 2.43 bits per heavy atom. The first kappa shape index (κ1) is 20.8. The van der Waals surface area contributed by atoms with Crippen molar-refractivity contribution in [2.75, 3.05) is 31.1 Å². The second-order valence-corrected chi connectivity index (χ2v) is 8.32. The SMILES string of the molecule is CCCn1c(-c2ccncc2)nn(CN2CCN(c3cccc(C)c3C)CC2)c1=S. The lowest BCUT2D eigenvalue weighted by atomic mass is 10.1. The monoisotopic (exact) mass is 422 g/mol. The molecule has 0 saturated carbocycles. The second kappa shape index (κ2) is 9.10. The van der Waals surface area contributed by atoms with Gasteiger partial charge in [-0.05, 0) is 61.8 Å². The summed E-state index contributed by atoms with van der Waals surface area (Å²) in [6.07, 6.45) is 4.63. The lowest BCUT2D eigenvalue weighted by Crippen LogP contribution is -2.47. The number of hydrogen-bond donors (Lipinski definition) is 0. The summed E-state index contributed by atoms with van der Waals surface area (Å²) >= 11 is 5.79. The normalized spacial score (nSPS) is 15.0. The number of piperazine rings is 1. The molecule has 1 fully saturated rings. The number of nitrogens with zero attached hydrogens (tertiary/aromatic N) is 6. The van der Waals surface area contributed by atoms with Crippen molar-refractivity contribution in [3.63, 3.8) is 0 Å². The van der Waals surface area contributed by atoms with Crippen molar-refractivity contribution < 1.29 is 0 Å². The van der Waals surface area contributed by atoms with Crippen LogP contribution in [0, 0.1) is 18.6 Å². The van der Waals surface area contributed by atoms with E-state index in [4.69, 9.17) is 17.3 Å². The zero-order valence-corrected chi connectivity index (χ0v) is 18.9. The molecule has 1 saturated heterocycles. The molecule has 3 heterocycles. The zero-order chi connectivity index (χ0) is 21.1. The molecule has 4 rings (SSSR count). The lowest BCUT2D eigenvalue weighted by Gasteiger charge is -2.36. The molecule has 0 unspecified atom stereocenters. The number of pyridine rings is 1. The molecule has 3 aromatic rings. The van der Waals surface area contributed by atoms with E-state index in [0.29, 0.717) is 0 Å². The number of hydrogen-bond acceptors (Lipinski definition) is 5. The van der Waals surface area contributed by atoms with Gasteiger partial charge in [0.25, 0.3) is 0 Å². The number of anilines is 1. The van der Waals surface area contributed by atoms with Crippen LogP contribution in [0.3, 0.4) is 0 Å². The van der Waals surface area contributed by atoms with Gasteiger partial charge >= 0.3 is 0 Å². The Kier molecular flexibility index (Phi) is 6.29. The predicted octanol–water partition coefficient (Wildman–Crippen LogP) is 4.28. The lowest BCUT2D eigenvalue weighted by molar-refractivity contribution is 0.194. The summed E-state index contributed by atoms with van der Waals surface area (Å²) in [6, 6.07) is 10.6. The molecule has 0 bridgehead atoms. The third-order valence-electron chi connectivity index (χ3n) is 5.93.